The summed E-state index contributed by atoms with van der Waals surface area (Å²) in [7, 11) is 1.34. The van der Waals surface area contributed by atoms with Gasteiger partial charge in [0, 0.05) is 16.9 Å². The van der Waals surface area contributed by atoms with Crippen LogP contribution in [-0.2, 0) is 88.0 Å². The lowest BCUT2D eigenvalue weighted by Gasteiger charge is -2.50. The second kappa shape index (κ2) is 33.6. The monoisotopic (exact) mass is 1290 g/mol. The van der Waals surface area contributed by atoms with Crippen LogP contribution in [0.3, 0.4) is 0 Å². The molecule has 0 saturated carbocycles. The Bertz CT molecular complexity index is 3840. The molecule has 8 aromatic carbocycles. The molecule has 0 aromatic heterocycles. The van der Waals surface area contributed by atoms with Crippen molar-refractivity contribution < 1.29 is 81.1 Å². The van der Waals surface area contributed by atoms with Gasteiger partial charge in [-0.25, -0.2) is 14.4 Å². The molecular formula is C72H70N6O17. The summed E-state index contributed by atoms with van der Waals surface area (Å²) in [4.78, 5) is 48.9. The van der Waals surface area contributed by atoms with E-state index in [1.165, 1.54) is 7.11 Å². The van der Waals surface area contributed by atoms with Gasteiger partial charge in [-0.05, 0) is 86.6 Å². The SMILES string of the molecule is CO[C@H]1O[C@H](COC(=O)c2ccccc2)[C@@H](O[C@@H]2O[C@@H](CO)[C@@H](O[C@H]3O[C@H](COC(=O)c4ccccc4)[C@@H](OCc4ccc5ccccc5c4)[C@H](OCc4ccccc4)[C@H]3N=[N+]=[N-])[C@H](OCc3ccccc3)[C@H]2OC(=O)c2ccccc2)[C@H](OCc2ccccc2)[C@H]1N=[N+]=[N-]. The molecule has 0 radical (unpaired) electrons. The zero-order chi connectivity index (χ0) is 65.7. The van der Waals surface area contributed by atoms with Gasteiger partial charge in [-0.3, -0.25) is 0 Å². The first kappa shape index (κ1) is 67.0. The van der Waals surface area contributed by atoms with Gasteiger partial charge in [-0.15, -0.1) is 0 Å². The summed E-state index contributed by atoms with van der Waals surface area (Å²) >= 11 is 0. The topological polar surface area (TPSA) is 289 Å². The molecule has 3 fully saturated rings. The summed E-state index contributed by atoms with van der Waals surface area (Å²) in [5, 5.41) is 22.2. The standard InChI is InChI=1S/C72H70N6O17/c1-83-70-58(75-77-73)64(86-41-47-24-10-3-11-25-47)62(57(91-70)45-89-68(81)52-31-16-6-17-32-52)95-72-66(93-69(82)53-33-18-7-19-34-53)65(87-42-48-26-12-4-13-27-48)61(55(39-79)90-72)94-71-59(76-78-74)63(85-40-46-22-8-2-9-23-46)60(56(92-71)44-88-67(80)51-29-14-5-15-30-51)84-43-49-36-37-50-28-20-21-35-54(50)38-49/h2-38,55-66,70-72,79H,39-45H2,1H3/t55-,56+,57+,58+,59+,60+,61+,62+,63+,64+,65-,66+,70-,71+,72-/m0/s1. The maximum Gasteiger partial charge on any atom is 0.338 e. The molecule has 3 aliphatic rings. The fraction of sp³-hybridized carbons (Fsp3) is 0.319. The summed E-state index contributed by atoms with van der Waals surface area (Å²) in [6, 6.07) is 63.2. The molecule has 0 bridgehead atoms. The van der Waals surface area contributed by atoms with Gasteiger partial charge in [0.05, 0.1) is 49.7 Å². The van der Waals surface area contributed by atoms with E-state index in [1.54, 1.807) is 91.0 Å². The van der Waals surface area contributed by atoms with Gasteiger partial charge in [0.25, 0.3) is 0 Å². The van der Waals surface area contributed by atoms with E-state index in [9.17, 15) is 30.6 Å². The molecule has 23 nitrogen and oxygen atoms in total. The quantitative estimate of drug-likeness (QED) is 0.0157. The van der Waals surface area contributed by atoms with Gasteiger partial charge in [0.2, 0.25) is 0 Å². The number of hydrogen-bond donors (Lipinski definition) is 1. The number of carbonyl (C=O) groups is 3. The Kier molecular flexibility index (Phi) is 23.7. The zero-order valence-corrected chi connectivity index (χ0v) is 51.6. The van der Waals surface area contributed by atoms with Crippen LogP contribution < -0.4 is 0 Å². The van der Waals surface area contributed by atoms with Crippen LogP contribution >= 0.6 is 0 Å². The largest absolute Gasteiger partial charge is 0.459 e. The van der Waals surface area contributed by atoms with Gasteiger partial charge in [0.1, 0.15) is 80.2 Å². The smallest absolute Gasteiger partial charge is 0.338 e. The third-order valence-electron chi connectivity index (χ3n) is 16.3. The van der Waals surface area contributed by atoms with Crippen molar-refractivity contribution in [3.8, 4) is 0 Å². The number of hydrogen-bond acceptors (Lipinski definition) is 19. The average Bonchev–Trinajstić information content (AvgIpc) is 0.780. The van der Waals surface area contributed by atoms with Crippen LogP contribution in [-0.4, -0.2) is 142 Å². The summed E-state index contributed by atoms with van der Waals surface area (Å²) in [5.41, 5.74) is 24.2. The number of fused-ring (bicyclic) bond motifs is 1. The molecule has 3 aliphatic heterocycles. The summed E-state index contributed by atoms with van der Waals surface area (Å²) in [6.07, 6.45) is -18.8. The Hall–Kier alpha value is -9.39. The van der Waals surface area contributed by atoms with E-state index in [1.807, 2.05) is 133 Å². The number of methoxy groups -OCH3 is 1. The predicted octanol–water partition coefficient (Wildman–Crippen LogP) is 11.4. The van der Waals surface area contributed by atoms with Crippen molar-refractivity contribution in [2.75, 3.05) is 26.9 Å². The molecule has 0 spiro atoms. The summed E-state index contributed by atoms with van der Waals surface area (Å²) in [6.45, 7) is -2.07. The van der Waals surface area contributed by atoms with Gasteiger partial charge in [-0.1, -0.05) is 192 Å². The Morgan fingerprint density at radius 3 is 1.31 bits per heavy atom. The van der Waals surface area contributed by atoms with Crippen molar-refractivity contribution in [3.05, 3.63) is 284 Å². The van der Waals surface area contributed by atoms with Crippen LogP contribution in [0.25, 0.3) is 31.7 Å². The van der Waals surface area contributed by atoms with E-state index in [0.29, 0.717) is 11.1 Å². The molecule has 23 heteroatoms. The first-order chi connectivity index (χ1) is 46.7. The number of carbonyl (C=O) groups excluding carboxylic acids is 3. The molecule has 0 unspecified atom stereocenters. The Balaban J connectivity index is 1.00. The molecule has 8 aromatic rings. The van der Waals surface area contributed by atoms with E-state index in [2.05, 4.69) is 20.1 Å². The van der Waals surface area contributed by atoms with Gasteiger partial charge < -0.3 is 66.7 Å². The van der Waals surface area contributed by atoms with Crippen LogP contribution in [0, 0.1) is 0 Å². The Morgan fingerprint density at radius 1 is 0.411 bits per heavy atom. The maximum absolute atomic E-state index is 14.8. The average molecular weight is 1290 g/mol. The van der Waals surface area contributed by atoms with E-state index < -0.39 is 130 Å². The number of esters is 3. The Labute approximate surface area is 547 Å². The number of benzene rings is 8. The number of azide groups is 2. The van der Waals surface area contributed by atoms with Crippen LogP contribution in [0.4, 0.5) is 0 Å². The van der Waals surface area contributed by atoms with E-state index >= 15 is 0 Å². The van der Waals surface area contributed by atoms with E-state index in [4.69, 9.17) is 61.6 Å². The minimum absolute atomic E-state index is 0.00770. The number of ether oxygens (including phenoxy) is 13. The fourth-order valence-corrected chi connectivity index (χ4v) is 11.6. The second-order valence-electron chi connectivity index (χ2n) is 22.5. The third-order valence-corrected chi connectivity index (χ3v) is 16.3. The highest BCUT2D eigenvalue weighted by molar-refractivity contribution is 5.90. The van der Waals surface area contributed by atoms with Gasteiger partial charge >= 0.3 is 17.9 Å². The van der Waals surface area contributed by atoms with Crippen molar-refractivity contribution >= 4 is 28.7 Å². The van der Waals surface area contributed by atoms with Gasteiger partial charge in [0.15, 0.2) is 25.0 Å². The van der Waals surface area contributed by atoms with Crippen LogP contribution in [0.1, 0.15) is 53.3 Å². The predicted molar refractivity (Wildman–Crippen MR) is 342 cm³/mol. The van der Waals surface area contributed by atoms with Gasteiger partial charge in [-0.2, -0.15) is 0 Å². The Morgan fingerprint density at radius 2 is 0.800 bits per heavy atom. The highest BCUT2D eigenvalue weighted by atomic mass is 16.8. The molecule has 15 atom stereocenters. The second-order valence-corrected chi connectivity index (χ2v) is 22.5. The number of aliphatic hydroxyl groups excluding tert-OH is 1. The highest BCUT2D eigenvalue weighted by Gasteiger charge is 2.57. The first-order valence-electron chi connectivity index (χ1n) is 30.9. The molecule has 490 valence electrons. The molecule has 1 N–H and O–H groups in total. The minimum Gasteiger partial charge on any atom is -0.459 e. The molecule has 11 rings (SSSR count). The molecule has 3 saturated heterocycles. The lowest BCUT2D eigenvalue weighted by atomic mass is 9.94. The molecule has 0 amide bonds. The van der Waals surface area contributed by atoms with E-state index in [-0.39, 0.29) is 43.1 Å². The van der Waals surface area contributed by atoms with E-state index in [0.717, 1.165) is 21.9 Å². The lowest BCUT2D eigenvalue weighted by molar-refractivity contribution is -0.372. The van der Waals surface area contributed by atoms with Crippen LogP contribution in [0.15, 0.2) is 235 Å². The zero-order valence-electron chi connectivity index (χ0n) is 51.6. The number of rotatable bonds is 28. The van der Waals surface area contributed by atoms with Crippen molar-refractivity contribution in [1.82, 2.24) is 0 Å². The molecule has 95 heavy (non-hydrogen) atoms. The normalized spacial score (nSPS) is 25.6. The molecular weight excluding hydrogens is 1220 g/mol. The fourth-order valence-electron chi connectivity index (χ4n) is 11.6. The van der Waals surface area contributed by atoms with Crippen molar-refractivity contribution in [2.45, 2.75) is 118 Å². The van der Waals surface area contributed by atoms with Crippen LogP contribution in [0.2, 0.25) is 0 Å². The molecule has 0 aliphatic carbocycles. The highest BCUT2D eigenvalue weighted by Crippen LogP contribution is 2.39. The number of nitrogens with zero attached hydrogens (tertiary/aromatic N) is 6. The third kappa shape index (κ3) is 17.3. The minimum atomic E-state index is -1.78. The maximum atomic E-state index is 14.8. The molecule has 3 heterocycles. The van der Waals surface area contributed by atoms with Crippen molar-refractivity contribution in [3.63, 3.8) is 0 Å². The van der Waals surface area contributed by atoms with Crippen molar-refractivity contribution in [1.29, 1.82) is 0 Å². The summed E-state index contributed by atoms with van der Waals surface area (Å²) in [5.74, 6) is -2.27. The lowest BCUT2D eigenvalue weighted by Crippen LogP contribution is -2.67. The summed E-state index contributed by atoms with van der Waals surface area (Å²) < 4.78 is 86.2. The number of aliphatic hydroxyl groups is 1. The first-order valence-corrected chi connectivity index (χ1v) is 30.9. The van der Waals surface area contributed by atoms with Crippen molar-refractivity contribution in [2.24, 2.45) is 10.2 Å². The van der Waals surface area contributed by atoms with Crippen LogP contribution in [0.5, 0.6) is 0 Å².